The Morgan fingerprint density at radius 2 is 2.11 bits per heavy atom. The van der Waals surface area contributed by atoms with Crippen LogP contribution in [0.1, 0.15) is 11.1 Å². The molecule has 0 unspecified atom stereocenters. The third-order valence-electron chi connectivity index (χ3n) is 2.64. The van der Waals surface area contributed by atoms with Crippen molar-refractivity contribution >= 4 is 17.4 Å². The van der Waals surface area contributed by atoms with Crippen molar-refractivity contribution in [3.8, 4) is 5.75 Å². The molecule has 0 aliphatic heterocycles. The Morgan fingerprint density at radius 1 is 1.28 bits per heavy atom. The number of aromatic nitrogens is 2. The van der Waals surface area contributed by atoms with Gasteiger partial charge in [-0.3, -0.25) is 0 Å². The molecular weight excluding hydrogens is 250 g/mol. The summed E-state index contributed by atoms with van der Waals surface area (Å²) < 4.78 is 5.17. The Kier molecular flexibility index (Phi) is 3.99. The van der Waals surface area contributed by atoms with Crippen LogP contribution in [0.15, 0.2) is 30.6 Å². The van der Waals surface area contributed by atoms with Gasteiger partial charge in [0.05, 0.1) is 7.11 Å². The number of ether oxygens (including phenoxy) is 1. The first kappa shape index (κ1) is 12.6. The van der Waals surface area contributed by atoms with E-state index in [-0.39, 0.29) is 0 Å². The molecule has 2 aromatic rings. The molecule has 1 aromatic heterocycles. The fraction of sp³-hybridized carbons (Fsp3) is 0.231. The highest BCUT2D eigenvalue weighted by molar-refractivity contribution is 6.29. The molecule has 4 nitrogen and oxygen atoms in total. The van der Waals surface area contributed by atoms with Gasteiger partial charge < -0.3 is 10.1 Å². The molecule has 0 spiro atoms. The minimum absolute atomic E-state index is 0.430. The van der Waals surface area contributed by atoms with Gasteiger partial charge in [0.25, 0.3) is 0 Å². The van der Waals surface area contributed by atoms with E-state index < -0.39 is 0 Å². The number of anilines is 1. The molecule has 1 aromatic carbocycles. The zero-order chi connectivity index (χ0) is 13.0. The van der Waals surface area contributed by atoms with Gasteiger partial charge in [0.2, 0.25) is 0 Å². The van der Waals surface area contributed by atoms with E-state index >= 15 is 0 Å². The Morgan fingerprint density at radius 3 is 2.78 bits per heavy atom. The van der Waals surface area contributed by atoms with Crippen LogP contribution in [0.25, 0.3) is 0 Å². The van der Waals surface area contributed by atoms with Gasteiger partial charge in [-0.15, -0.1) is 0 Å². The number of hydrogen-bond acceptors (Lipinski definition) is 4. The van der Waals surface area contributed by atoms with Crippen LogP contribution < -0.4 is 10.1 Å². The van der Waals surface area contributed by atoms with Crippen molar-refractivity contribution in [2.24, 2.45) is 0 Å². The van der Waals surface area contributed by atoms with E-state index in [1.807, 2.05) is 25.1 Å². The summed E-state index contributed by atoms with van der Waals surface area (Å²) >= 11 is 5.79. The van der Waals surface area contributed by atoms with Crippen molar-refractivity contribution in [2.45, 2.75) is 13.5 Å². The van der Waals surface area contributed by atoms with Gasteiger partial charge in [-0.1, -0.05) is 17.7 Å². The van der Waals surface area contributed by atoms with Crippen LogP contribution in [-0.4, -0.2) is 17.1 Å². The summed E-state index contributed by atoms with van der Waals surface area (Å²) in [7, 11) is 1.66. The first-order valence-electron chi connectivity index (χ1n) is 5.54. The Labute approximate surface area is 111 Å². The summed E-state index contributed by atoms with van der Waals surface area (Å²) in [6.07, 6.45) is 1.44. The first-order valence-corrected chi connectivity index (χ1v) is 5.92. The fourth-order valence-corrected chi connectivity index (χ4v) is 1.76. The lowest BCUT2D eigenvalue weighted by atomic mass is 10.1. The highest BCUT2D eigenvalue weighted by Crippen LogP contribution is 2.18. The summed E-state index contributed by atoms with van der Waals surface area (Å²) in [5.74, 6) is 1.58. The smallest absolute Gasteiger partial charge is 0.134 e. The minimum Gasteiger partial charge on any atom is -0.497 e. The van der Waals surface area contributed by atoms with Gasteiger partial charge >= 0.3 is 0 Å². The van der Waals surface area contributed by atoms with Crippen molar-refractivity contribution in [1.82, 2.24) is 9.97 Å². The van der Waals surface area contributed by atoms with Gasteiger partial charge in [0.1, 0.15) is 23.0 Å². The number of rotatable bonds is 4. The predicted octanol–water partition coefficient (Wildman–Crippen LogP) is 3.06. The number of aryl methyl sites for hydroxylation is 1. The van der Waals surface area contributed by atoms with Crippen LogP contribution >= 0.6 is 11.6 Å². The summed E-state index contributed by atoms with van der Waals surface area (Å²) in [6.45, 7) is 2.73. The molecule has 0 fully saturated rings. The second-order valence-corrected chi connectivity index (χ2v) is 4.26. The second-order valence-electron chi connectivity index (χ2n) is 3.87. The maximum atomic E-state index is 5.79. The number of nitrogens with zero attached hydrogens (tertiary/aromatic N) is 2. The number of benzene rings is 1. The van der Waals surface area contributed by atoms with Crippen molar-refractivity contribution in [3.63, 3.8) is 0 Å². The lowest BCUT2D eigenvalue weighted by Crippen LogP contribution is -2.03. The minimum atomic E-state index is 0.430. The van der Waals surface area contributed by atoms with E-state index in [0.29, 0.717) is 17.5 Å². The number of methoxy groups -OCH3 is 1. The van der Waals surface area contributed by atoms with Crippen LogP contribution in [0.5, 0.6) is 5.75 Å². The number of halogens is 1. The van der Waals surface area contributed by atoms with Gasteiger partial charge in [0, 0.05) is 12.6 Å². The molecule has 0 bridgehead atoms. The molecule has 1 N–H and O–H groups in total. The SMILES string of the molecule is COc1ccc(CNc2cc(Cl)ncn2)c(C)c1. The third kappa shape index (κ3) is 3.11. The van der Waals surface area contributed by atoms with E-state index in [9.17, 15) is 0 Å². The average Bonchev–Trinajstić information content (AvgIpc) is 2.37. The molecule has 2 rings (SSSR count). The van der Waals surface area contributed by atoms with Gasteiger partial charge in [-0.25, -0.2) is 9.97 Å². The zero-order valence-corrected chi connectivity index (χ0v) is 11.0. The molecule has 0 saturated heterocycles. The summed E-state index contributed by atoms with van der Waals surface area (Å²) in [5.41, 5.74) is 2.35. The lowest BCUT2D eigenvalue weighted by molar-refractivity contribution is 0.414. The normalized spacial score (nSPS) is 10.2. The lowest BCUT2D eigenvalue weighted by Gasteiger charge is -2.09. The molecule has 0 aliphatic carbocycles. The van der Waals surface area contributed by atoms with E-state index in [4.69, 9.17) is 16.3 Å². The van der Waals surface area contributed by atoms with Crippen LogP contribution in [0.4, 0.5) is 5.82 Å². The van der Waals surface area contributed by atoms with E-state index in [2.05, 4.69) is 15.3 Å². The number of hydrogen-bond donors (Lipinski definition) is 1. The van der Waals surface area contributed by atoms with Crippen molar-refractivity contribution < 1.29 is 4.74 Å². The van der Waals surface area contributed by atoms with Gasteiger partial charge in [0.15, 0.2) is 0 Å². The fourth-order valence-electron chi connectivity index (χ4n) is 1.61. The highest BCUT2D eigenvalue weighted by atomic mass is 35.5. The second kappa shape index (κ2) is 5.69. The largest absolute Gasteiger partial charge is 0.497 e. The Hall–Kier alpha value is -1.81. The topological polar surface area (TPSA) is 47.0 Å². The third-order valence-corrected chi connectivity index (χ3v) is 2.85. The van der Waals surface area contributed by atoms with E-state index in [0.717, 1.165) is 5.75 Å². The molecule has 5 heteroatoms. The maximum absolute atomic E-state index is 5.79. The highest BCUT2D eigenvalue weighted by Gasteiger charge is 2.01. The quantitative estimate of drug-likeness (QED) is 0.862. The zero-order valence-electron chi connectivity index (χ0n) is 10.3. The maximum Gasteiger partial charge on any atom is 0.134 e. The molecule has 1 heterocycles. The van der Waals surface area contributed by atoms with Crippen LogP contribution in [0.3, 0.4) is 0 Å². The standard InChI is InChI=1S/C13H14ClN3O/c1-9-5-11(18-2)4-3-10(9)7-15-13-6-12(14)16-8-17-13/h3-6,8H,7H2,1-2H3,(H,15,16,17). The van der Waals surface area contributed by atoms with Crippen LogP contribution in [0, 0.1) is 6.92 Å². The molecule has 0 amide bonds. The molecule has 0 aliphatic rings. The summed E-state index contributed by atoms with van der Waals surface area (Å²) in [4.78, 5) is 7.92. The summed E-state index contributed by atoms with van der Waals surface area (Å²) in [6, 6.07) is 7.67. The Bertz CT molecular complexity index is 546. The van der Waals surface area contributed by atoms with Crippen molar-refractivity contribution in [3.05, 3.63) is 46.9 Å². The molecule has 0 radical (unpaired) electrons. The average molecular weight is 264 g/mol. The number of nitrogens with one attached hydrogen (secondary N) is 1. The van der Waals surface area contributed by atoms with E-state index in [1.165, 1.54) is 17.5 Å². The van der Waals surface area contributed by atoms with Gasteiger partial charge in [-0.05, 0) is 30.2 Å². The summed E-state index contributed by atoms with van der Waals surface area (Å²) in [5, 5.41) is 3.63. The molecule has 0 atom stereocenters. The van der Waals surface area contributed by atoms with Crippen LogP contribution in [-0.2, 0) is 6.54 Å². The predicted molar refractivity (Wildman–Crippen MR) is 72.1 cm³/mol. The van der Waals surface area contributed by atoms with Crippen LogP contribution in [0.2, 0.25) is 5.15 Å². The first-order chi connectivity index (χ1) is 8.69. The monoisotopic (exact) mass is 263 g/mol. The van der Waals surface area contributed by atoms with Gasteiger partial charge in [-0.2, -0.15) is 0 Å². The molecule has 18 heavy (non-hydrogen) atoms. The molecular formula is C13H14ClN3O. The molecule has 0 saturated carbocycles. The van der Waals surface area contributed by atoms with Crippen molar-refractivity contribution in [1.29, 1.82) is 0 Å². The Balaban J connectivity index is 2.06. The van der Waals surface area contributed by atoms with E-state index in [1.54, 1.807) is 13.2 Å². The molecule has 94 valence electrons. The van der Waals surface area contributed by atoms with Crippen molar-refractivity contribution in [2.75, 3.05) is 12.4 Å².